The molecule has 2 saturated heterocycles. The first kappa shape index (κ1) is 19.1. The molecule has 0 N–H and O–H groups in total. The Bertz CT molecular complexity index is 394. The fourth-order valence-electron chi connectivity index (χ4n) is 2.48. The van der Waals surface area contributed by atoms with Gasteiger partial charge in [-0.05, 0) is 32.0 Å². The molecule has 0 bridgehead atoms. The summed E-state index contributed by atoms with van der Waals surface area (Å²) in [5.74, 6) is -0.535. The summed E-state index contributed by atoms with van der Waals surface area (Å²) in [6.07, 6.45) is 1.67. The molecule has 0 aliphatic carbocycles. The molecular formula is C16H31IO4Si. The van der Waals surface area contributed by atoms with E-state index in [4.69, 9.17) is 18.6 Å². The van der Waals surface area contributed by atoms with Crippen LogP contribution in [0.25, 0.3) is 0 Å². The molecule has 6 heteroatoms. The van der Waals surface area contributed by atoms with Gasteiger partial charge in [0.1, 0.15) is 0 Å². The molecule has 0 aromatic carbocycles. The molecule has 0 aromatic rings. The molecule has 0 aromatic heterocycles. The Labute approximate surface area is 149 Å². The van der Waals surface area contributed by atoms with E-state index in [2.05, 4.69) is 56.5 Å². The van der Waals surface area contributed by atoms with Crippen LogP contribution in [0.15, 0.2) is 0 Å². The molecule has 2 rings (SSSR count). The minimum atomic E-state index is -1.84. The van der Waals surface area contributed by atoms with E-state index >= 15 is 0 Å². The van der Waals surface area contributed by atoms with Crippen LogP contribution >= 0.6 is 22.6 Å². The van der Waals surface area contributed by atoms with Crippen LogP contribution in [0.1, 0.15) is 41.0 Å². The van der Waals surface area contributed by atoms with Crippen LogP contribution in [0.2, 0.25) is 18.1 Å². The smallest absolute Gasteiger partial charge is 0.192 e. The summed E-state index contributed by atoms with van der Waals surface area (Å²) in [7, 11) is -1.84. The lowest BCUT2D eigenvalue weighted by Crippen LogP contribution is -2.55. The molecule has 0 saturated carbocycles. The molecule has 0 spiro atoms. The van der Waals surface area contributed by atoms with E-state index in [1.807, 2.05) is 13.8 Å². The van der Waals surface area contributed by atoms with Gasteiger partial charge in [-0.15, -0.1) is 0 Å². The maximum absolute atomic E-state index is 6.58. The number of hydrogen-bond donors (Lipinski definition) is 0. The van der Waals surface area contributed by atoms with Gasteiger partial charge in [-0.2, -0.15) is 0 Å². The Morgan fingerprint density at radius 3 is 2.32 bits per heavy atom. The lowest BCUT2D eigenvalue weighted by molar-refractivity contribution is -0.302. The molecule has 0 unspecified atom stereocenters. The van der Waals surface area contributed by atoms with Crippen LogP contribution in [0.5, 0.6) is 0 Å². The maximum Gasteiger partial charge on any atom is 0.192 e. The van der Waals surface area contributed by atoms with Crippen LogP contribution in [-0.2, 0) is 18.6 Å². The maximum atomic E-state index is 6.58. The van der Waals surface area contributed by atoms with Gasteiger partial charge in [0.05, 0.1) is 31.0 Å². The first-order valence-electron chi connectivity index (χ1n) is 8.16. The number of halogens is 1. The molecule has 2 heterocycles. The van der Waals surface area contributed by atoms with Crippen molar-refractivity contribution < 1.29 is 18.6 Å². The first-order valence-corrected chi connectivity index (χ1v) is 12.6. The zero-order valence-corrected chi connectivity index (χ0v) is 18.1. The van der Waals surface area contributed by atoms with Gasteiger partial charge >= 0.3 is 0 Å². The van der Waals surface area contributed by atoms with Gasteiger partial charge in [0.15, 0.2) is 14.1 Å². The normalized spacial score (nSPS) is 35.5. The van der Waals surface area contributed by atoms with Crippen LogP contribution in [0.4, 0.5) is 0 Å². The van der Waals surface area contributed by atoms with E-state index in [-0.39, 0.29) is 17.2 Å². The molecule has 0 radical (unpaired) electrons. The average Bonchev–Trinajstić information content (AvgIpc) is 3.09. The van der Waals surface area contributed by atoms with E-state index in [9.17, 15) is 0 Å². The van der Waals surface area contributed by atoms with Crippen LogP contribution in [0, 0.1) is 0 Å². The van der Waals surface area contributed by atoms with Gasteiger partial charge < -0.3 is 18.6 Å². The summed E-state index contributed by atoms with van der Waals surface area (Å²) in [6.45, 7) is 15.9. The zero-order chi connectivity index (χ0) is 16.8. The number of hydrogen-bond acceptors (Lipinski definition) is 4. The second-order valence-electron chi connectivity index (χ2n) is 8.39. The van der Waals surface area contributed by atoms with Crippen molar-refractivity contribution in [1.29, 1.82) is 0 Å². The molecular weight excluding hydrogens is 411 g/mol. The van der Waals surface area contributed by atoms with Crippen molar-refractivity contribution in [3.8, 4) is 0 Å². The first-order chi connectivity index (χ1) is 9.95. The second-order valence-corrected chi connectivity index (χ2v) is 14.0. The van der Waals surface area contributed by atoms with E-state index in [1.165, 1.54) is 0 Å². The lowest BCUT2D eigenvalue weighted by atomic mass is 10.1. The molecule has 4 atom stereocenters. The summed E-state index contributed by atoms with van der Waals surface area (Å²) >= 11 is 2.38. The van der Waals surface area contributed by atoms with Gasteiger partial charge in [0, 0.05) is 10.8 Å². The quantitative estimate of drug-likeness (QED) is 0.278. The van der Waals surface area contributed by atoms with Crippen molar-refractivity contribution in [2.75, 3.05) is 11.0 Å². The molecule has 2 aliphatic rings. The van der Waals surface area contributed by atoms with E-state index in [0.717, 1.165) is 10.8 Å². The van der Waals surface area contributed by atoms with Crippen molar-refractivity contribution in [1.82, 2.24) is 0 Å². The van der Waals surface area contributed by atoms with E-state index in [0.29, 0.717) is 18.8 Å². The highest BCUT2D eigenvalue weighted by atomic mass is 127. The zero-order valence-electron chi connectivity index (χ0n) is 14.9. The molecule has 2 fully saturated rings. The number of alkyl halides is 1. The fraction of sp³-hybridized carbons (Fsp3) is 1.00. The van der Waals surface area contributed by atoms with Crippen molar-refractivity contribution >= 4 is 30.9 Å². The van der Waals surface area contributed by atoms with Crippen molar-refractivity contribution in [3.63, 3.8) is 0 Å². The molecule has 0 amide bonds. The third-order valence-electron chi connectivity index (χ3n) is 5.00. The minimum Gasteiger partial charge on any atom is -0.409 e. The van der Waals surface area contributed by atoms with E-state index < -0.39 is 14.1 Å². The molecule has 4 nitrogen and oxygen atoms in total. The highest BCUT2D eigenvalue weighted by Gasteiger charge is 2.48. The summed E-state index contributed by atoms with van der Waals surface area (Å²) in [4.78, 5) is 0. The Kier molecular flexibility index (Phi) is 5.73. The standard InChI is InChI=1S/C16H31IO4Si/c1-15(2,3)22(6,7)21-14-10-18-16(4,5)20-12(14)8-11-13(9-17)19-11/h11-14H,8-10H2,1-7H3/t11-,12+,13-,14-/m1/s1. The molecule has 2 aliphatic heterocycles. The summed E-state index contributed by atoms with van der Waals surface area (Å²) in [6, 6.07) is 0. The summed E-state index contributed by atoms with van der Waals surface area (Å²) in [5.41, 5.74) is 0. The SMILES string of the molecule is CC1(C)OC[C@@H](O[Si](C)(C)C(C)(C)C)[C@H](C[C@H]2O[C@@H]2CI)O1. The molecule has 22 heavy (non-hydrogen) atoms. The number of ether oxygens (including phenoxy) is 3. The lowest BCUT2D eigenvalue weighted by Gasteiger charge is -2.46. The third-order valence-corrected chi connectivity index (χ3v) is 10.4. The fourth-order valence-corrected chi connectivity index (χ4v) is 4.59. The van der Waals surface area contributed by atoms with Gasteiger partial charge in [0.2, 0.25) is 0 Å². The predicted octanol–water partition coefficient (Wildman–Crippen LogP) is 4.12. The summed E-state index contributed by atoms with van der Waals surface area (Å²) in [5, 5.41) is 0.186. The van der Waals surface area contributed by atoms with Gasteiger partial charge in [-0.1, -0.05) is 43.4 Å². The Hall–Kier alpha value is 0.787. The average molecular weight is 442 g/mol. The largest absolute Gasteiger partial charge is 0.409 e. The third kappa shape index (κ3) is 4.66. The Morgan fingerprint density at radius 1 is 1.18 bits per heavy atom. The topological polar surface area (TPSA) is 40.2 Å². The number of epoxide rings is 1. The van der Waals surface area contributed by atoms with Crippen LogP contribution in [0.3, 0.4) is 0 Å². The summed E-state index contributed by atoms with van der Waals surface area (Å²) < 4.78 is 25.4. The highest BCUT2D eigenvalue weighted by Crippen LogP contribution is 2.40. The Morgan fingerprint density at radius 2 is 1.82 bits per heavy atom. The highest BCUT2D eigenvalue weighted by molar-refractivity contribution is 14.1. The van der Waals surface area contributed by atoms with Crippen LogP contribution < -0.4 is 0 Å². The van der Waals surface area contributed by atoms with E-state index in [1.54, 1.807) is 0 Å². The van der Waals surface area contributed by atoms with Gasteiger partial charge in [-0.25, -0.2) is 0 Å². The monoisotopic (exact) mass is 442 g/mol. The van der Waals surface area contributed by atoms with Crippen molar-refractivity contribution in [2.24, 2.45) is 0 Å². The predicted molar refractivity (Wildman–Crippen MR) is 99.1 cm³/mol. The van der Waals surface area contributed by atoms with Crippen LogP contribution in [-0.4, -0.2) is 49.6 Å². The second kappa shape index (κ2) is 6.59. The van der Waals surface area contributed by atoms with Gasteiger partial charge in [0.25, 0.3) is 0 Å². The van der Waals surface area contributed by atoms with Crippen molar-refractivity contribution in [3.05, 3.63) is 0 Å². The van der Waals surface area contributed by atoms with Crippen molar-refractivity contribution in [2.45, 2.75) is 89.4 Å². The Balaban J connectivity index is 2.03. The van der Waals surface area contributed by atoms with Gasteiger partial charge in [-0.3, -0.25) is 0 Å². The molecule has 130 valence electrons. The number of rotatable bonds is 5. The minimum absolute atomic E-state index is 0.00739.